The lowest BCUT2D eigenvalue weighted by molar-refractivity contribution is -0.158. The van der Waals surface area contributed by atoms with E-state index in [1.807, 2.05) is 13.8 Å². The minimum Gasteiger partial charge on any atom is -0.375 e. The van der Waals surface area contributed by atoms with Gasteiger partial charge in [-0.15, -0.1) is 0 Å². The lowest BCUT2D eigenvalue weighted by Gasteiger charge is -2.47. The van der Waals surface area contributed by atoms with Crippen molar-refractivity contribution < 1.29 is 13.9 Å². The van der Waals surface area contributed by atoms with E-state index in [-0.39, 0.29) is 23.1 Å². The second-order valence-electron chi connectivity index (χ2n) is 7.07. The second kappa shape index (κ2) is 5.20. The zero-order valence-corrected chi connectivity index (χ0v) is 12.8. The molecule has 21 heavy (non-hydrogen) atoms. The third-order valence-electron chi connectivity index (χ3n) is 5.31. The highest BCUT2D eigenvalue weighted by molar-refractivity contribution is 5.91. The van der Waals surface area contributed by atoms with Gasteiger partial charge in [0, 0.05) is 17.9 Å². The number of carbonyl (C=O) groups excluding carboxylic acids is 1. The molecule has 3 heteroatoms. The van der Waals surface area contributed by atoms with Gasteiger partial charge in [0.2, 0.25) is 0 Å². The minimum atomic E-state index is -0.569. The Hall–Kier alpha value is -1.22. The maximum Gasteiger partial charge on any atom is 0.146 e. The van der Waals surface area contributed by atoms with Crippen LogP contribution in [-0.2, 0) is 14.9 Å². The quantitative estimate of drug-likeness (QED) is 0.840. The van der Waals surface area contributed by atoms with Crippen molar-refractivity contribution in [2.24, 2.45) is 5.92 Å². The van der Waals surface area contributed by atoms with Crippen LogP contribution in [0.1, 0.15) is 51.5 Å². The topological polar surface area (TPSA) is 26.3 Å². The molecular formula is C18H23FO2. The number of benzene rings is 1. The smallest absolute Gasteiger partial charge is 0.146 e. The molecule has 0 aromatic heterocycles. The Labute approximate surface area is 125 Å². The van der Waals surface area contributed by atoms with Crippen LogP contribution in [0.5, 0.6) is 0 Å². The molecule has 1 spiro atoms. The molecule has 1 atom stereocenters. The lowest BCUT2D eigenvalue weighted by atomic mass is 9.67. The highest BCUT2D eigenvalue weighted by Crippen LogP contribution is 2.46. The van der Waals surface area contributed by atoms with Gasteiger partial charge in [0.25, 0.3) is 0 Å². The summed E-state index contributed by atoms with van der Waals surface area (Å²) < 4.78 is 19.0. The van der Waals surface area contributed by atoms with Crippen LogP contribution in [0, 0.1) is 11.7 Å². The molecule has 1 aromatic carbocycles. The summed E-state index contributed by atoms with van der Waals surface area (Å²) in [7, 11) is 0. The van der Waals surface area contributed by atoms with Crippen LogP contribution in [0.2, 0.25) is 0 Å². The largest absolute Gasteiger partial charge is 0.375 e. The number of hydrogen-bond acceptors (Lipinski definition) is 2. The summed E-state index contributed by atoms with van der Waals surface area (Å²) in [5, 5.41) is 0. The SMILES string of the molecule is CC(C)(C(=O)C1CCOC2(CCC2)C1)c1ccc(F)cc1. The fourth-order valence-electron chi connectivity index (χ4n) is 3.69. The third kappa shape index (κ3) is 2.64. The molecule has 3 rings (SSSR count). The molecule has 2 aliphatic rings. The number of ether oxygens (including phenoxy) is 1. The predicted octanol–water partition coefficient (Wildman–Crippen LogP) is 4.02. The van der Waals surface area contributed by atoms with Crippen LogP contribution in [0.3, 0.4) is 0 Å². The number of hydrogen-bond donors (Lipinski definition) is 0. The summed E-state index contributed by atoms with van der Waals surface area (Å²) in [5.41, 5.74) is 0.306. The van der Waals surface area contributed by atoms with Gasteiger partial charge in [0.1, 0.15) is 11.6 Å². The van der Waals surface area contributed by atoms with E-state index < -0.39 is 5.41 Å². The molecule has 0 bridgehead atoms. The lowest BCUT2D eigenvalue weighted by Crippen LogP contribution is -2.49. The summed E-state index contributed by atoms with van der Waals surface area (Å²) in [5.74, 6) is 0.0734. The molecule has 1 aromatic rings. The monoisotopic (exact) mass is 290 g/mol. The van der Waals surface area contributed by atoms with Crippen molar-refractivity contribution in [3.63, 3.8) is 0 Å². The van der Waals surface area contributed by atoms with E-state index in [0.29, 0.717) is 6.61 Å². The van der Waals surface area contributed by atoms with Crippen LogP contribution in [-0.4, -0.2) is 18.0 Å². The van der Waals surface area contributed by atoms with E-state index in [0.717, 1.165) is 31.2 Å². The number of halogens is 1. The molecule has 2 nitrogen and oxygen atoms in total. The molecule has 1 heterocycles. The molecule has 0 N–H and O–H groups in total. The summed E-state index contributed by atoms with van der Waals surface area (Å²) in [6.07, 6.45) is 5.06. The van der Waals surface area contributed by atoms with Crippen LogP contribution >= 0.6 is 0 Å². The Morgan fingerprint density at radius 1 is 1.29 bits per heavy atom. The van der Waals surface area contributed by atoms with Crippen molar-refractivity contribution in [3.8, 4) is 0 Å². The van der Waals surface area contributed by atoms with Crippen molar-refractivity contribution in [3.05, 3.63) is 35.6 Å². The van der Waals surface area contributed by atoms with Crippen LogP contribution in [0.15, 0.2) is 24.3 Å². The zero-order chi connectivity index (χ0) is 15.1. The second-order valence-corrected chi connectivity index (χ2v) is 7.07. The molecule has 1 aliphatic heterocycles. The van der Waals surface area contributed by atoms with Gasteiger partial charge in [-0.25, -0.2) is 4.39 Å². The predicted molar refractivity (Wildman–Crippen MR) is 79.7 cm³/mol. The fraction of sp³-hybridized carbons (Fsp3) is 0.611. The average molecular weight is 290 g/mol. The van der Waals surface area contributed by atoms with E-state index in [2.05, 4.69) is 0 Å². The molecule has 1 saturated heterocycles. The molecule has 1 aliphatic carbocycles. The molecule has 0 amide bonds. The Morgan fingerprint density at radius 3 is 2.52 bits per heavy atom. The average Bonchev–Trinajstić information content (AvgIpc) is 2.45. The molecule has 114 valence electrons. The third-order valence-corrected chi connectivity index (χ3v) is 5.31. The van der Waals surface area contributed by atoms with E-state index >= 15 is 0 Å². The van der Waals surface area contributed by atoms with Crippen molar-refractivity contribution in [1.82, 2.24) is 0 Å². The van der Waals surface area contributed by atoms with Crippen molar-refractivity contribution in [2.75, 3.05) is 6.61 Å². The highest BCUT2D eigenvalue weighted by Gasteiger charge is 2.46. The Kier molecular flexibility index (Phi) is 3.64. The number of rotatable bonds is 3. The van der Waals surface area contributed by atoms with Crippen LogP contribution < -0.4 is 0 Å². The standard InChI is InChI=1S/C18H23FO2/c1-17(2,14-4-6-15(19)7-5-14)16(20)13-8-11-21-18(12-13)9-3-10-18/h4-7,13H,3,8-12H2,1-2H3. The molecule has 0 radical (unpaired) electrons. The summed E-state index contributed by atoms with van der Waals surface area (Å²) in [6, 6.07) is 6.32. The van der Waals surface area contributed by atoms with E-state index in [4.69, 9.17) is 4.74 Å². The number of carbonyl (C=O) groups is 1. The molecule has 1 unspecified atom stereocenters. The van der Waals surface area contributed by atoms with Crippen LogP contribution in [0.25, 0.3) is 0 Å². The number of ketones is 1. The Morgan fingerprint density at radius 2 is 1.95 bits per heavy atom. The minimum absolute atomic E-state index is 0.0164. The fourth-order valence-corrected chi connectivity index (χ4v) is 3.69. The Balaban J connectivity index is 1.78. The van der Waals surface area contributed by atoms with Crippen molar-refractivity contribution in [1.29, 1.82) is 0 Å². The summed E-state index contributed by atoms with van der Waals surface area (Å²) >= 11 is 0. The zero-order valence-electron chi connectivity index (χ0n) is 12.8. The van der Waals surface area contributed by atoms with E-state index in [1.165, 1.54) is 18.6 Å². The first kappa shape index (κ1) is 14.7. The maximum absolute atomic E-state index is 13.1. The first-order valence-electron chi connectivity index (χ1n) is 7.87. The van der Waals surface area contributed by atoms with Gasteiger partial charge >= 0.3 is 0 Å². The van der Waals surface area contributed by atoms with Gasteiger partial charge in [0.05, 0.1) is 5.60 Å². The number of Topliss-reactive ketones (excluding diaryl/α,β-unsaturated/α-hetero) is 1. The first-order valence-corrected chi connectivity index (χ1v) is 7.87. The molecule has 2 fully saturated rings. The highest BCUT2D eigenvalue weighted by atomic mass is 19.1. The normalized spacial score (nSPS) is 24.6. The molecule has 1 saturated carbocycles. The van der Waals surface area contributed by atoms with Gasteiger partial charge in [-0.3, -0.25) is 4.79 Å². The van der Waals surface area contributed by atoms with Gasteiger partial charge in [-0.2, -0.15) is 0 Å². The maximum atomic E-state index is 13.1. The summed E-state index contributed by atoms with van der Waals surface area (Å²) in [4.78, 5) is 13.0. The summed E-state index contributed by atoms with van der Waals surface area (Å²) in [6.45, 7) is 4.59. The van der Waals surface area contributed by atoms with Crippen LogP contribution in [0.4, 0.5) is 4.39 Å². The van der Waals surface area contributed by atoms with Crippen molar-refractivity contribution in [2.45, 2.75) is 57.0 Å². The van der Waals surface area contributed by atoms with Gasteiger partial charge in [0.15, 0.2) is 0 Å². The first-order chi connectivity index (χ1) is 9.93. The Bertz CT molecular complexity index is 529. The van der Waals surface area contributed by atoms with Gasteiger partial charge < -0.3 is 4.74 Å². The van der Waals surface area contributed by atoms with Gasteiger partial charge in [-0.05, 0) is 63.6 Å². The molecular weight excluding hydrogens is 267 g/mol. The van der Waals surface area contributed by atoms with E-state index in [9.17, 15) is 9.18 Å². The van der Waals surface area contributed by atoms with Gasteiger partial charge in [-0.1, -0.05) is 12.1 Å². The van der Waals surface area contributed by atoms with Crippen molar-refractivity contribution >= 4 is 5.78 Å². The van der Waals surface area contributed by atoms with E-state index in [1.54, 1.807) is 12.1 Å².